The third-order valence-corrected chi connectivity index (χ3v) is 8.62. The van der Waals surface area contributed by atoms with E-state index >= 15 is 4.39 Å². The molecule has 2 atom stereocenters. The zero-order valence-corrected chi connectivity index (χ0v) is 23.2. The minimum atomic E-state index is -0.502. The van der Waals surface area contributed by atoms with Crippen LogP contribution in [0.3, 0.4) is 0 Å². The molecule has 2 fully saturated rings. The maximum Gasteiger partial charge on any atom is 0.271 e. The number of H-pyrrole nitrogens is 2. The largest absolute Gasteiger partial charge is 0.353 e. The normalized spacial score (nSPS) is 20.6. The van der Waals surface area contributed by atoms with Crippen molar-refractivity contribution in [1.29, 1.82) is 0 Å². The first-order valence-corrected chi connectivity index (χ1v) is 13.6. The van der Waals surface area contributed by atoms with E-state index in [9.17, 15) is 4.79 Å². The van der Waals surface area contributed by atoms with Gasteiger partial charge in [0.15, 0.2) is 5.82 Å². The van der Waals surface area contributed by atoms with E-state index < -0.39 is 5.82 Å². The lowest BCUT2D eigenvalue weighted by Crippen LogP contribution is -2.58. The number of aromatic amines is 2. The Balaban J connectivity index is 1.59. The molecule has 0 amide bonds. The molecule has 4 heterocycles. The van der Waals surface area contributed by atoms with Crippen LogP contribution < -0.4 is 15.4 Å². The zero-order valence-electron chi connectivity index (χ0n) is 22.4. The predicted molar refractivity (Wildman–Crippen MR) is 152 cm³/mol. The van der Waals surface area contributed by atoms with Crippen molar-refractivity contribution >= 4 is 45.2 Å². The molecule has 8 nitrogen and oxygen atoms in total. The summed E-state index contributed by atoms with van der Waals surface area (Å²) in [5.74, 6) is 1.27. The molecule has 0 aliphatic carbocycles. The molecule has 10 heteroatoms. The number of aromatic nitrogens is 4. The highest BCUT2D eigenvalue weighted by Gasteiger charge is 2.34. The molecular weight excluding hydrogens is 505 g/mol. The number of piperidine rings is 1. The number of nitrogens with one attached hydrogen (secondary N) is 2. The van der Waals surface area contributed by atoms with Crippen molar-refractivity contribution < 1.29 is 4.39 Å². The maximum atomic E-state index is 16.7. The molecule has 2 aromatic heterocycles. The Hall–Kier alpha value is -3.17. The summed E-state index contributed by atoms with van der Waals surface area (Å²) in [6.45, 7) is 8.74. The van der Waals surface area contributed by atoms with Gasteiger partial charge in [-0.1, -0.05) is 24.6 Å². The van der Waals surface area contributed by atoms with Gasteiger partial charge in [0.2, 0.25) is 5.95 Å². The first-order chi connectivity index (χ1) is 18.1. The summed E-state index contributed by atoms with van der Waals surface area (Å²) in [4.78, 5) is 28.7. The fraction of sp³-hybridized carbons (Fsp3) is 0.464. The van der Waals surface area contributed by atoms with Crippen LogP contribution in [-0.2, 0) is 0 Å². The van der Waals surface area contributed by atoms with Crippen molar-refractivity contribution in [3.05, 3.63) is 45.0 Å². The summed E-state index contributed by atoms with van der Waals surface area (Å²) in [7, 11) is 4.13. The summed E-state index contributed by atoms with van der Waals surface area (Å²) < 4.78 is 16.7. The number of halogens is 2. The van der Waals surface area contributed by atoms with Crippen molar-refractivity contribution in [1.82, 2.24) is 25.1 Å². The van der Waals surface area contributed by atoms with Gasteiger partial charge in [-0.05, 0) is 64.4 Å². The average Bonchev–Trinajstić information content (AvgIpc) is 3.21. The molecule has 200 valence electrons. The van der Waals surface area contributed by atoms with Crippen LogP contribution in [-0.4, -0.2) is 70.9 Å². The quantitative estimate of drug-likeness (QED) is 0.383. The predicted octanol–water partition coefficient (Wildman–Crippen LogP) is 4.94. The van der Waals surface area contributed by atoms with Crippen LogP contribution in [0.25, 0.3) is 32.9 Å². The highest BCUT2D eigenvalue weighted by atomic mass is 35.5. The van der Waals surface area contributed by atoms with Crippen molar-refractivity contribution in [3.8, 4) is 11.1 Å². The average molecular weight is 538 g/mol. The van der Waals surface area contributed by atoms with Crippen LogP contribution in [0.15, 0.2) is 23.0 Å². The Morgan fingerprint density at radius 1 is 1.05 bits per heavy atom. The van der Waals surface area contributed by atoms with Crippen molar-refractivity contribution in [2.24, 2.45) is 5.92 Å². The van der Waals surface area contributed by atoms with Gasteiger partial charge in [0, 0.05) is 48.2 Å². The van der Waals surface area contributed by atoms with Gasteiger partial charge in [-0.2, -0.15) is 4.98 Å². The van der Waals surface area contributed by atoms with Crippen LogP contribution in [0.1, 0.15) is 32.3 Å². The van der Waals surface area contributed by atoms with E-state index in [2.05, 4.69) is 52.8 Å². The maximum absolute atomic E-state index is 16.7. The van der Waals surface area contributed by atoms with E-state index in [4.69, 9.17) is 21.6 Å². The van der Waals surface area contributed by atoms with Gasteiger partial charge >= 0.3 is 0 Å². The molecule has 0 saturated carbocycles. The Morgan fingerprint density at radius 2 is 1.82 bits per heavy atom. The second-order valence-corrected chi connectivity index (χ2v) is 11.7. The number of hydrogen-bond acceptors (Lipinski definition) is 6. The zero-order chi connectivity index (χ0) is 26.9. The highest BCUT2D eigenvalue weighted by Crippen LogP contribution is 2.43. The van der Waals surface area contributed by atoms with Crippen molar-refractivity contribution in [2.75, 3.05) is 43.5 Å². The SMILES string of the molecule is Cc1ccc2c(=O)[nH][nH]c2c1-c1c(Cl)cc2c(N3C[C@@H](C)CC[C@@H]3C)nc(N3CC(N(C)C)C3)nc2c1F. The van der Waals surface area contributed by atoms with Gasteiger partial charge in [0.05, 0.1) is 15.9 Å². The van der Waals surface area contributed by atoms with Crippen LogP contribution >= 0.6 is 11.6 Å². The first-order valence-electron chi connectivity index (χ1n) is 13.2. The number of fused-ring (bicyclic) bond motifs is 2. The van der Waals surface area contributed by atoms with Crippen LogP contribution in [0.5, 0.6) is 0 Å². The second-order valence-electron chi connectivity index (χ2n) is 11.3. The third kappa shape index (κ3) is 3.94. The second kappa shape index (κ2) is 9.24. The molecule has 2 N–H and O–H groups in total. The molecule has 0 spiro atoms. The number of rotatable bonds is 4. The minimum Gasteiger partial charge on any atom is -0.353 e. The summed E-state index contributed by atoms with van der Waals surface area (Å²) in [6, 6.07) is 6.02. The summed E-state index contributed by atoms with van der Waals surface area (Å²) >= 11 is 6.86. The van der Waals surface area contributed by atoms with Crippen LogP contribution in [0, 0.1) is 18.7 Å². The number of nitrogens with zero attached hydrogens (tertiary/aromatic N) is 5. The van der Waals surface area contributed by atoms with E-state index in [0.29, 0.717) is 39.8 Å². The fourth-order valence-corrected chi connectivity index (χ4v) is 6.11. The van der Waals surface area contributed by atoms with E-state index in [1.54, 1.807) is 12.1 Å². The monoisotopic (exact) mass is 537 g/mol. The third-order valence-electron chi connectivity index (χ3n) is 8.33. The van der Waals surface area contributed by atoms with E-state index in [1.165, 1.54) is 0 Å². The van der Waals surface area contributed by atoms with Gasteiger partial charge in [-0.15, -0.1) is 0 Å². The van der Waals surface area contributed by atoms with E-state index in [1.807, 2.05) is 13.0 Å². The molecule has 0 radical (unpaired) electrons. The van der Waals surface area contributed by atoms with Gasteiger partial charge in [0.25, 0.3) is 5.56 Å². The number of hydrogen-bond donors (Lipinski definition) is 2. The Labute approximate surface area is 225 Å². The lowest BCUT2D eigenvalue weighted by molar-refractivity contribution is 0.245. The highest BCUT2D eigenvalue weighted by molar-refractivity contribution is 6.35. The van der Waals surface area contributed by atoms with Crippen molar-refractivity contribution in [3.63, 3.8) is 0 Å². The standard InChI is InChI=1S/C28H33ClFN7O/c1-14-6-8-16(3)37(11-14)26-19-10-20(29)22(21-15(2)7-9-18-24(21)33-34-27(18)38)23(30)25(19)31-28(32-26)36-12-17(13-36)35(4)5/h7,9-10,14,16-17H,6,8,11-13H2,1-5H3,(H2,33,34,38)/t14-,16-/m0/s1. The molecule has 0 unspecified atom stereocenters. The smallest absolute Gasteiger partial charge is 0.271 e. The molecular formula is C28H33ClFN7O. The molecule has 38 heavy (non-hydrogen) atoms. The van der Waals surface area contributed by atoms with E-state index in [-0.39, 0.29) is 27.7 Å². The minimum absolute atomic E-state index is 0.239. The molecule has 4 aromatic rings. The molecule has 0 bridgehead atoms. The lowest BCUT2D eigenvalue weighted by Gasteiger charge is -2.43. The lowest BCUT2D eigenvalue weighted by atomic mass is 9.94. The van der Waals surface area contributed by atoms with Crippen LogP contribution in [0.2, 0.25) is 5.02 Å². The van der Waals surface area contributed by atoms with Crippen molar-refractivity contribution in [2.45, 2.75) is 45.7 Å². The number of likely N-dealkylation sites (N-methyl/N-ethyl adjacent to an activating group) is 1. The molecule has 2 aromatic carbocycles. The summed E-state index contributed by atoms with van der Waals surface area (Å²) in [6.07, 6.45) is 2.20. The summed E-state index contributed by atoms with van der Waals surface area (Å²) in [5.41, 5.74) is 2.12. The van der Waals surface area contributed by atoms with Gasteiger partial charge < -0.3 is 14.7 Å². The molecule has 2 aliphatic rings. The molecule has 6 rings (SSSR count). The first kappa shape index (κ1) is 25.1. The topological polar surface area (TPSA) is 84.1 Å². The van der Waals surface area contributed by atoms with Gasteiger partial charge in [-0.25, -0.2) is 9.37 Å². The Morgan fingerprint density at radius 3 is 2.55 bits per heavy atom. The number of aryl methyl sites for hydroxylation is 1. The fourth-order valence-electron chi connectivity index (χ4n) is 5.82. The molecule has 2 saturated heterocycles. The summed E-state index contributed by atoms with van der Waals surface area (Å²) in [5, 5.41) is 6.86. The van der Waals surface area contributed by atoms with Crippen LogP contribution in [0.4, 0.5) is 16.2 Å². The van der Waals surface area contributed by atoms with Gasteiger partial charge in [0.1, 0.15) is 11.3 Å². The van der Waals surface area contributed by atoms with Gasteiger partial charge in [-0.3, -0.25) is 15.0 Å². The Kier molecular flexibility index (Phi) is 6.11. The van der Waals surface area contributed by atoms with E-state index in [0.717, 1.165) is 43.9 Å². The number of anilines is 2. The Bertz CT molecular complexity index is 1610. The molecule has 2 aliphatic heterocycles. The number of benzene rings is 2.